The fraction of sp³-hybridized carbons (Fsp3) is 0.750. The van der Waals surface area contributed by atoms with Crippen LogP contribution in [0.4, 0.5) is 0 Å². The third-order valence-corrected chi connectivity index (χ3v) is 3.39. The van der Waals surface area contributed by atoms with Gasteiger partial charge in [-0.3, -0.25) is 4.79 Å². The maximum atomic E-state index is 12.0. The molecule has 21 heavy (non-hydrogen) atoms. The van der Waals surface area contributed by atoms with Crippen LogP contribution in [0.5, 0.6) is 0 Å². The van der Waals surface area contributed by atoms with Crippen LogP contribution in [-0.2, 0) is 14.3 Å². The Hall–Kier alpha value is -1.36. The lowest BCUT2D eigenvalue weighted by Gasteiger charge is -2.47. The Kier molecular flexibility index (Phi) is 5.56. The lowest BCUT2D eigenvalue weighted by atomic mass is 9.79. The molecule has 0 aromatic heterocycles. The van der Waals surface area contributed by atoms with Gasteiger partial charge in [0.05, 0.1) is 6.61 Å². The first-order chi connectivity index (χ1) is 9.54. The highest BCUT2D eigenvalue weighted by Crippen LogP contribution is 2.29. The quantitative estimate of drug-likeness (QED) is 0.599. The highest BCUT2D eigenvalue weighted by atomic mass is 16.5. The highest BCUT2D eigenvalue weighted by molar-refractivity contribution is 5.98. The fourth-order valence-corrected chi connectivity index (χ4v) is 3.22. The van der Waals surface area contributed by atoms with Gasteiger partial charge in [-0.05, 0) is 54.4 Å². The van der Waals surface area contributed by atoms with Crippen LogP contribution >= 0.6 is 0 Å². The second-order valence-corrected chi connectivity index (χ2v) is 7.03. The van der Waals surface area contributed by atoms with Gasteiger partial charge in [-0.25, -0.2) is 4.79 Å². The molecule has 0 aromatic carbocycles. The van der Waals surface area contributed by atoms with Gasteiger partial charge in [-0.15, -0.1) is 0 Å². The van der Waals surface area contributed by atoms with E-state index in [1.54, 1.807) is 6.92 Å². The summed E-state index contributed by atoms with van der Waals surface area (Å²) < 4.78 is 5.01. The Balaban J connectivity index is 2.88. The average Bonchev–Trinajstić information content (AvgIpc) is 2.23. The summed E-state index contributed by atoms with van der Waals surface area (Å²) in [4.78, 5) is 23.3. The third kappa shape index (κ3) is 5.87. The molecule has 1 saturated heterocycles. The average molecular weight is 296 g/mol. The zero-order valence-corrected chi connectivity index (χ0v) is 14.0. The van der Waals surface area contributed by atoms with Crippen molar-refractivity contribution in [2.24, 2.45) is 0 Å². The van der Waals surface area contributed by atoms with Gasteiger partial charge in [-0.2, -0.15) is 0 Å². The van der Waals surface area contributed by atoms with E-state index in [9.17, 15) is 9.59 Å². The second kappa shape index (κ2) is 6.60. The van der Waals surface area contributed by atoms with Crippen molar-refractivity contribution in [3.05, 3.63) is 11.8 Å². The van der Waals surface area contributed by atoms with Crippen molar-refractivity contribution >= 4 is 11.8 Å². The summed E-state index contributed by atoms with van der Waals surface area (Å²) in [5, 5.41) is 6.80. The molecule has 1 heterocycles. The topological polar surface area (TPSA) is 67.4 Å². The Bertz CT molecular complexity index is 423. The van der Waals surface area contributed by atoms with E-state index in [0.29, 0.717) is 6.61 Å². The van der Waals surface area contributed by atoms with E-state index in [0.717, 1.165) is 12.8 Å². The van der Waals surface area contributed by atoms with Crippen molar-refractivity contribution in [1.82, 2.24) is 10.6 Å². The van der Waals surface area contributed by atoms with Crippen LogP contribution in [0.3, 0.4) is 0 Å². The minimum atomic E-state index is -0.471. The molecule has 5 heteroatoms. The molecule has 2 N–H and O–H groups in total. The molecular weight excluding hydrogens is 268 g/mol. The number of piperidine rings is 1. The Morgan fingerprint density at radius 3 is 2.19 bits per heavy atom. The Labute approximate surface area is 127 Å². The first-order valence-electron chi connectivity index (χ1n) is 7.50. The molecule has 1 rings (SSSR count). The van der Waals surface area contributed by atoms with Crippen LogP contribution in [0.25, 0.3) is 0 Å². The summed E-state index contributed by atoms with van der Waals surface area (Å²) >= 11 is 0. The molecule has 0 spiro atoms. The van der Waals surface area contributed by atoms with Gasteiger partial charge in [0, 0.05) is 23.2 Å². The molecule has 0 bridgehead atoms. The van der Waals surface area contributed by atoms with Crippen LogP contribution in [0.2, 0.25) is 0 Å². The minimum absolute atomic E-state index is 0.0323. The predicted octanol–water partition coefficient (Wildman–Crippen LogP) is 1.92. The number of nitrogens with one attached hydrogen (secondary N) is 2. The number of ether oxygens (including phenoxy) is 1. The zero-order valence-electron chi connectivity index (χ0n) is 14.0. The van der Waals surface area contributed by atoms with Gasteiger partial charge in [0.25, 0.3) is 0 Å². The van der Waals surface area contributed by atoms with Crippen LogP contribution in [0.1, 0.15) is 54.4 Å². The molecule has 0 aromatic rings. The van der Waals surface area contributed by atoms with Crippen LogP contribution < -0.4 is 10.6 Å². The van der Waals surface area contributed by atoms with Crippen molar-refractivity contribution in [3.63, 3.8) is 0 Å². The van der Waals surface area contributed by atoms with E-state index in [2.05, 4.69) is 38.3 Å². The lowest BCUT2D eigenvalue weighted by molar-refractivity contribution is -0.139. The second-order valence-electron chi connectivity index (χ2n) is 7.03. The molecule has 0 amide bonds. The smallest absolute Gasteiger partial charge is 0.354 e. The number of carbonyl (C=O) groups is 2. The molecule has 0 atom stereocenters. The number of carbonyl (C=O) groups excluding carboxylic acids is 2. The minimum Gasteiger partial charge on any atom is -0.461 e. The SMILES string of the molecule is CCOC(=O)/C(=C\C(C)=O)NC1CC(C)(C)NC(C)(C)C1. The normalized spacial score (nSPS) is 21.7. The molecule has 0 saturated carbocycles. The highest BCUT2D eigenvalue weighted by Gasteiger charge is 2.38. The Morgan fingerprint density at radius 1 is 1.24 bits per heavy atom. The van der Waals surface area contributed by atoms with Gasteiger partial charge in [0.15, 0.2) is 5.78 Å². The molecule has 1 aliphatic heterocycles. The summed E-state index contributed by atoms with van der Waals surface area (Å²) in [7, 11) is 0. The van der Waals surface area contributed by atoms with Gasteiger partial charge < -0.3 is 15.4 Å². The van der Waals surface area contributed by atoms with Gasteiger partial charge in [0.2, 0.25) is 0 Å². The number of ketones is 1. The summed E-state index contributed by atoms with van der Waals surface area (Å²) in [6.07, 6.45) is 3.05. The summed E-state index contributed by atoms with van der Waals surface area (Å²) in [5.74, 6) is -0.639. The Morgan fingerprint density at radius 2 is 1.76 bits per heavy atom. The number of hydrogen-bond donors (Lipinski definition) is 2. The van der Waals surface area contributed by atoms with Crippen molar-refractivity contribution < 1.29 is 14.3 Å². The van der Waals surface area contributed by atoms with Crippen LogP contribution in [0.15, 0.2) is 11.8 Å². The molecule has 0 aliphatic carbocycles. The van der Waals surface area contributed by atoms with Crippen LogP contribution in [0, 0.1) is 0 Å². The lowest BCUT2D eigenvalue weighted by Crippen LogP contribution is -2.61. The molecule has 0 unspecified atom stereocenters. The maximum absolute atomic E-state index is 12.0. The third-order valence-electron chi connectivity index (χ3n) is 3.39. The van der Waals surface area contributed by atoms with Gasteiger partial charge >= 0.3 is 5.97 Å². The summed E-state index contributed by atoms with van der Waals surface area (Å²) in [5.41, 5.74) is 0.188. The first-order valence-corrected chi connectivity index (χ1v) is 7.50. The molecular formula is C16H28N2O3. The standard InChI is InChI=1S/C16H28N2O3/c1-7-21-14(20)13(8-11(2)19)17-12-9-15(3,4)18-16(5,6)10-12/h8,12,17-18H,7,9-10H2,1-6H3/b13-8+. The predicted molar refractivity (Wildman–Crippen MR) is 82.8 cm³/mol. The van der Waals surface area contributed by atoms with E-state index in [4.69, 9.17) is 4.74 Å². The van der Waals surface area contributed by atoms with Gasteiger partial charge in [-0.1, -0.05) is 0 Å². The maximum Gasteiger partial charge on any atom is 0.354 e. The zero-order chi connectivity index (χ0) is 16.3. The van der Waals surface area contributed by atoms with Crippen molar-refractivity contribution in [2.75, 3.05) is 6.61 Å². The van der Waals surface area contributed by atoms with Crippen molar-refractivity contribution in [1.29, 1.82) is 0 Å². The van der Waals surface area contributed by atoms with Crippen molar-refractivity contribution in [2.45, 2.75) is 71.5 Å². The summed E-state index contributed by atoms with van der Waals surface area (Å²) in [6, 6.07) is 0.117. The fourth-order valence-electron chi connectivity index (χ4n) is 3.22. The number of rotatable bonds is 5. The summed E-state index contributed by atoms with van der Waals surface area (Å²) in [6.45, 7) is 12.0. The molecule has 120 valence electrons. The van der Waals surface area contributed by atoms with E-state index >= 15 is 0 Å². The number of allylic oxidation sites excluding steroid dienone is 1. The first kappa shape index (κ1) is 17.7. The number of esters is 1. The largest absolute Gasteiger partial charge is 0.461 e. The van der Waals surface area contributed by atoms with Crippen LogP contribution in [-0.4, -0.2) is 35.5 Å². The van der Waals surface area contributed by atoms with E-state index < -0.39 is 5.97 Å². The van der Waals surface area contributed by atoms with Crippen molar-refractivity contribution in [3.8, 4) is 0 Å². The van der Waals surface area contributed by atoms with E-state index in [-0.39, 0.29) is 28.6 Å². The van der Waals surface area contributed by atoms with E-state index in [1.165, 1.54) is 13.0 Å². The molecule has 5 nitrogen and oxygen atoms in total. The molecule has 1 aliphatic rings. The van der Waals surface area contributed by atoms with E-state index in [1.807, 2.05) is 0 Å². The van der Waals surface area contributed by atoms with Gasteiger partial charge in [0.1, 0.15) is 5.70 Å². The monoisotopic (exact) mass is 296 g/mol. The molecule has 1 fully saturated rings. The number of hydrogen-bond acceptors (Lipinski definition) is 5. The molecule has 0 radical (unpaired) electrons.